The van der Waals surface area contributed by atoms with E-state index in [1.54, 1.807) is 4.90 Å². The molecule has 1 saturated heterocycles. The van der Waals surface area contributed by atoms with Gasteiger partial charge >= 0.3 is 5.97 Å². The van der Waals surface area contributed by atoms with Gasteiger partial charge in [-0.1, -0.05) is 0 Å². The molecule has 1 aliphatic heterocycles. The third kappa shape index (κ3) is 3.51. The molecular weight excluding hydrogens is 442 g/mol. The van der Waals surface area contributed by atoms with Crippen LogP contribution in [0.25, 0.3) is 4.96 Å². The lowest BCUT2D eigenvalue weighted by atomic mass is 9.49. The minimum absolute atomic E-state index is 0.0342. The van der Waals surface area contributed by atoms with E-state index in [9.17, 15) is 19.5 Å². The summed E-state index contributed by atoms with van der Waals surface area (Å²) in [7, 11) is 0. The molecule has 5 fully saturated rings. The normalized spacial score (nSPS) is 34.8. The van der Waals surface area contributed by atoms with Crippen molar-refractivity contribution in [1.82, 2.24) is 14.3 Å². The molecule has 5 aliphatic rings. The average molecular weight is 472 g/mol. The molecule has 0 spiro atoms. The van der Waals surface area contributed by atoms with Crippen molar-refractivity contribution in [3.05, 3.63) is 33.2 Å². The second kappa shape index (κ2) is 7.63. The number of aryl methyl sites for hydroxylation is 1. The Hall–Kier alpha value is -2.26. The van der Waals surface area contributed by atoms with Crippen LogP contribution in [0, 0.1) is 30.1 Å². The van der Waals surface area contributed by atoms with Crippen LogP contribution in [0.15, 0.2) is 16.2 Å². The number of aliphatic hydroxyl groups excluding tert-OH is 1. The number of carbonyl (C=O) groups is 2. The van der Waals surface area contributed by atoms with Gasteiger partial charge in [0, 0.05) is 30.1 Å². The van der Waals surface area contributed by atoms with Crippen molar-refractivity contribution in [3.8, 4) is 0 Å². The van der Waals surface area contributed by atoms with Crippen molar-refractivity contribution in [2.24, 2.45) is 23.2 Å². The van der Waals surface area contributed by atoms with Crippen molar-refractivity contribution >= 4 is 28.2 Å². The second-order valence-corrected chi connectivity index (χ2v) is 11.6. The van der Waals surface area contributed by atoms with Crippen molar-refractivity contribution in [2.75, 3.05) is 6.54 Å². The van der Waals surface area contributed by atoms with Gasteiger partial charge in [-0.15, -0.1) is 11.3 Å². The van der Waals surface area contributed by atoms with Crippen LogP contribution in [-0.2, 0) is 20.9 Å². The zero-order chi connectivity index (χ0) is 22.9. The van der Waals surface area contributed by atoms with Gasteiger partial charge in [-0.05, 0) is 63.2 Å². The number of rotatable bonds is 4. The molecule has 0 aromatic carbocycles. The van der Waals surface area contributed by atoms with Crippen LogP contribution in [0.5, 0.6) is 0 Å². The fourth-order valence-electron chi connectivity index (χ4n) is 7.36. The number of hydrogen-bond acceptors (Lipinski definition) is 7. The quantitative estimate of drug-likeness (QED) is 0.687. The van der Waals surface area contributed by atoms with Crippen molar-refractivity contribution < 1.29 is 19.4 Å². The Morgan fingerprint density at radius 2 is 1.85 bits per heavy atom. The standard InChI is InChI=1S/C24H29N3O5S/c1-13-12-33-23-25-17(5-20(29)27(13)23)11-32-21(30)19-6-18(28)10-26(19)22(31)24-7-14-2-15(8-24)4-16(3-14)9-24/h5,12,14-16,18-19,28H,2-4,6-11H2,1H3. The Bertz CT molecular complexity index is 1150. The molecule has 4 aliphatic carbocycles. The van der Waals surface area contributed by atoms with Crippen molar-refractivity contribution in [2.45, 2.75) is 70.6 Å². The first-order valence-corrected chi connectivity index (χ1v) is 12.8. The summed E-state index contributed by atoms with van der Waals surface area (Å²) in [5, 5.41) is 12.2. The maximum atomic E-state index is 13.8. The van der Waals surface area contributed by atoms with Gasteiger partial charge in [-0.3, -0.25) is 14.0 Å². The molecule has 9 heteroatoms. The lowest BCUT2D eigenvalue weighted by Crippen LogP contribution is -2.56. The molecule has 3 heterocycles. The summed E-state index contributed by atoms with van der Waals surface area (Å²) in [5.74, 6) is 1.37. The van der Waals surface area contributed by atoms with Crippen molar-refractivity contribution in [1.29, 1.82) is 0 Å². The number of ether oxygens (including phenoxy) is 1. The molecule has 4 bridgehead atoms. The van der Waals surface area contributed by atoms with Crippen LogP contribution >= 0.6 is 11.3 Å². The topological polar surface area (TPSA) is 101 Å². The zero-order valence-corrected chi connectivity index (χ0v) is 19.6. The van der Waals surface area contributed by atoms with E-state index in [4.69, 9.17) is 4.74 Å². The lowest BCUT2D eigenvalue weighted by molar-refractivity contribution is -0.166. The van der Waals surface area contributed by atoms with Crippen LogP contribution in [-0.4, -0.2) is 50.0 Å². The number of esters is 1. The Morgan fingerprint density at radius 1 is 1.18 bits per heavy atom. The van der Waals surface area contributed by atoms with Gasteiger partial charge in [0.2, 0.25) is 5.91 Å². The number of nitrogens with zero attached hydrogens (tertiary/aromatic N) is 3. The molecule has 2 atom stereocenters. The number of β-amino-alcohol motifs (C(OH)–C–C–N with tert-alkyl or cyclic N) is 1. The average Bonchev–Trinajstić information content (AvgIpc) is 3.33. The first-order chi connectivity index (χ1) is 15.8. The summed E-state index contributed by atoms with van der Waals surface area (Å²) in [5.41, 5.74) is 0.623. The number of amides is 1. The highest BCUT2D eigenvalue weighted by Crippen LogP contribution is 2.60. The van der Waals surface area contributed by atoms with E-state index >= 15 is 0 Å². The van der Waals surface area contributed by atoms with Gasteiger partial charge in [0.1, 0.15) is 12.6 Å². The van der Waals surface area contributed by atoms with E-state index in [0.717, 1.165) is 25.0 Å². The number of aromatic nitrogens is 2. The van der Waals surface area contributed by atoms with Crippen LogP contribution in [0.4, 0.5) is 0 Å². The molecule has 4 saturated carbocycles. The minimum Gasteiger partial charge on any atom is -0.458 e. The van der Waals surface area contributed by atoms with Gasteiger partial charge in [-0.2, -0.15) is 0 Å². The maximum Gasteiger partial charge on any atom is 0.329 e. The fourth-order valence-corrected chi connectivity index (χ4v) is 8.25. The molecule has 1 N–H and O–H groups in total. The molecule has 1 amide bonds. The first-order valence-electron chi connectivity index (χ1n) is 11.9. The zero-order valence-electron chi connectivity index (χ0n) is 18.7. The van der Waals surface area contributed by atoms with Crippen LogP contribution < -0.4 is 5.56 Å². The van der Waals surface area contributed by atoms with Crippen LogP contribution in [0.2, 0.25) is 0 Å². The fraction of sp³-hybridized carbons (Fsp3) is 0.667. The summed E-state index contributed by atoms with van der Waals surface area (Å²) in [6, 6.07) is 0.594. The van der Waals surface area contributed by atoms with E-state index in [0.29, 0.717) is 28.4 Å². The number of aliphatic hydroxyl groups is 1. The van der Waals surface area contributed by atoms with E-state index in [2.05, 4.69) is 4.98 Å². The number of fused-ring (bicyclic) bond motifs is 1. The van der Waals surface area contributed by atoms with Crippen LogP contribution in [0.1, 0.15) is 56.3 Å². The summed E-state index contributed by atoms with van der Waals surface area (Å²) >= 11 is 1.36. The molecule has 2 unspecified atom stereocenters. The Morgan fingerprint density at radius 3 is 2.52 bits per heavy atom. The van der Waals surface area contributed by atoms with Gasteiger partial charge in [0.15, 0.2) is 4.96 Å². The highest BCUT2D eigenvalue weighted by Gasteiger charge is 2.57. The molecular formula is C24H29N3O5S. The lowest BCUT2D eigenvalue weighted by Gasteiger charge is -2.56. The maximum absolute atomic E-state index is 13.8. The Balaban J connectivity index is 1.18. The SMILES string of the molecule is Cc1csc2nc(COC(=O)C3CC(O)CN3C(=O)C34CC5CC(CC(C5)C3)C4)cc(=O)n12. The smallest absolute Gasteiger partial charge is 0.329 e. The molecule has 7 rings (SSSR count). The summed E-state index contributed by atoms with van der Waals surface area (Å²) in [6.45, 7) is 1.89. The molecule has 176 valence electrons. The summed E-state index contributed by atoms with van der Waals surface area (Å²) < 4.78 is 7.04. The minimum atomic E-state index is -0.783. The van der Waals surface area contributed by atoms with E-state index in [1.807, 2.05) is 12.3 Å². The predicted molar refractivity (Wildman–Crippen MR) is 121 cm³/mol. The van der Waals surface area contributed by atoms with E-state index < -0.39 is 18.1 Å². The van der Waals surface area contributed by atoms with Gasteiger partial charge in [0.25, 0.3) is 5.56 Å². The highest BCUT2D eigenvalue weighted by molar-refractivity contribution is 7.15. The largest absolute Gasteiger partial charge is 0.458 e. The summed E-state index contributed by atoms with van der Waals surface area (Å²) in [4.78, 5) is 45.8. The number of hydrogen-bond donors (Lipinski definition) is 1. The van der Waals surface area contributed by atoms with Crippen molar-refractivity contribution in [3.63, 3.8) is 0 Å². The second-order valence-electron chi connectivity index (χ2n) is 10.7. The molecule has 8 nitrogen and oxygen atoms in total. The van der Waals surface area contributed by atoms with Crippen LogP contribution in [0.3, 0.4) is 0 Å². The first kappa shape index (κ1) is 21.3. The molecule has 2 aromatic heterocycles. The molecule has 33 heavy (non-hydrogen) atoms. The third-order valence-electron chi connectivity index (χ3n) is 8.29. The highest BCUT2D eigenvalue weighted by atomic mass is 32.1. The third-order valence-corrected chi connectivity index (χ3v) is 9.24. The van der Waals surface area contributed by atoms with E-state index in [-0.39, 0.29) is 36.5 Å². The number of carbonyl (C=O) groups excluding carboxylic acids is 2. The van der Waals surface area contributed by atoms with Gasteiger partial charge in [0.05, 0.1) is 17.2 Å². The van der Waals surface area contributed by atoms with E-state index in [1.165, 1.54) is 41.1 Å². The predicted octanol–water partition coefficient (Wildman–Crippen LogP) is 2.29. The Kier molecular flexibility index (Phi) is 4.92. The monoisotopic (exact) mass is 471 g/mol. The Labute approximate surface area is 195 Å². The summed E-state index contributed by atoms with van der Waals surface area (Å²) in [6.07, 6.45) is 5.93. The number of thiazole rings is 1. The van der Waals surface area contributed by atoms with Gasteiger partial charge < -0.3 is 14.7 Å². The molecule has 2 aromatic rings. The number of likely N-dealkylation sites (tertiary alicyclic amines) is 1. The molecule has 0 radical (unpaired) electrons. The van der Waals surface area contributed by atoms with Gasteiger partial charge in [-0.25, -0.2) is 9.78 Å².